The molecule has 0 aliphatic carbocycles. The third-order valence-electron chi connectivity index (χ3n) is 4.78. The molecule has 0 bridgehead atoms. The van der Waals surface area contributed by atoms with E-state index in [0.717, 1.165) is 11.1 Å². The maximum atomic E-state index is 12.6. The number of amides is 1. The van der Waals surface area contributed by atoms with Crippen LogP contribution in [0.5, 0.6) is 11.6 Å². The normalized spacial score (nSPS) is 12.4. The van der Waals surface area contributed by atoms with E-state index < -0.39 is 17.5 Å². The molecule has 0 spiro atoms. The van der Waals surface area contributed by atoms with Crippen molar-refractivity contribution >= 4 is 28.5 Å². The van der Waals surface area contributed by atoms with E-state index >= 15 is 0 Å². The molecule has 3 rings (SSSR count). The number of nitrogens with zero attached hydrogens (tertiary/aromatic N) is 2. The smallest absolute Gasteiger partial charge is 0.307 e. The third kappa shape index (κ3) is 5.84. The third-order valence-corrected chi connectivity index (χ3v) is 4.78. The van der Waals surface area contributed by atoms with Crippen LogP contribution in [0, 0.1) is 5.92 Å². The topological polar surface area (TPSA) is 104 Å². The number of esters is 1. The van der Waals surface area contributed by atoms with Crippen LogP contribution in [0.4, 0.5) is 5.69 Å². The highest BCUT2D eigenvalue weighted by Crippen LogP contribution is 2.32. The number of rotatable bonds is 8. The molecular formula is C24H29N3O5. The van der Waals surface area contributed by atoms with Gasteiger partial charge in [-0.1, -0.05) is 25.1 Å². The lowest BCUT2D eigenvalue weighted by atomic mass is 10.0. The summed E-state index contributed by atoms with van der Waals surface area (Å²) in [7, 11) is 0. The first-order valence-electron chi connectivity index (χ1n) is 10.7. The monoisotopic (exact) mass is 439 g/mol. The number of carbonyl (C=O) groups excluding carboxylic acids is 2. The van der Waals surface area contributed by atoms with Crippen molar-refractivity contribution in [1.29, 1.82) is 0 Å². The van der Waals surface area contributed by atoms with Gasteiger partial charge in [0, 0.05) is 12.0 Å². The highest BCUT2D eigenvalue weighted by atomic mass is 16.6. The number of ether oxygens (including phenoxy) is 2. The average Bonchev–Trinajstić information content (AvgIpc) is 3.16. The summed E-state index contributed by atoms with van der Waals surface area (Å²) in [4.78, 5) is 29.0. The molecule has 32 heavy (non-hydrogen) atoms. The largest absolute Gasteiger partial charge is 0.460 e. The van der Waals surface area contributed by atoms with Gasteiger partial charge in [-0.15, -0.1) is 0 Å². The second kappa shape index (κ2) is 9.80. The van der Waals surface area contributed by atoms with E-state index in [4.69, 9.17) is 14.0 Å². The van der Waals surface area contributed by atoms with Gasteiger partial charge in [0.05, 0.1) is 29.4 Å². The lowest BCUT2D eigenvalue weighted by Gasteiger charge is -2.21. The molecule has 0 aliphatic heterocycles. The van der Waals surface area contributed by atoms with Crippen molar-refractivity contribution in [2.45, 2.75) is 59.5 Å². The first-order chi connectivity index (χ1) is 15.2. The number of aromatic nitrogens is 2. The van der Waals surface area contributed by atoms with Crippen LogP contribution >= 0.6 is 0 Å². The van der Waals surface area contributed by atoms with E-state index in [-0.39, 0.29) is 12.3 Å². The van der Waals surface area contributed by atoms with Crippen LogP contribution in [0.3, 0.4) is 0 Å². The number of anilines is 1. The van der Waals surface area contributed by atoms with E-state index in [0.29, 0.717) is 35.7 Å². The molecule has 1 aromatic carbocycles. The van der Waals surface area contributed by atoms with Crippen LogP contribution in [0.15, 0.2) is 41.1 Å². The van der Waals surface area contributed by atoms with Gasteiger partial charge in [-0.05, 0) is 51.8 Å². The number of benzene rings is 1. The Morgan fingerprint density at radius 1 is 1.16 bits per heavy atom. The van der Waals surface area contributed by atoms with Gasteiger partial charge in [-0.2, -0.15) is 0 Å². The molecule has 8 heteroatoms. The number of hydrogen-bond donors (Lipinski definition) is 1. The standard InChI is InChI=1S/C24H29N3O5/c1-6-15(13-21(28)31-24(3,4)5)23(29)26-16-11-12-20(25-14-16)30-18-9-8-10-19-22(18)17(7-2)27-32-19/h8-12,14-15H,6-7,13H2,1-5H3,(H,26,29)/t15-/m0/s1. The molecule has 1 amide bonds. The van der Waals surface area contributed by atoms with E-state index in [9.17, 15) is 9.59 Å². The molecule has 1 N–H and O–H groups in total. The first-order valence-corrected chi connectivity index (χ1v) is 10.7. The van der Waals surface area contributed by atoms with Gasteiger partial charge in [0.25, 0.3) is 0 Å². The van der Waals surface area contributed by atoms with Crippen molar-refractivity contribution in [3.8, 4) is 11.6 Å². The van der Waals surface area contributed by atoms with Crippen molar-refractivity contribution in [3.05, 3.63) is 42.2 Å². The average molecular weight is 440 g/mol. The fraction of sp³-hybridized carbons (Fsp3) is 0.417. The van der Waals surface area contributed by atoms with Gasteiger partial charge in [0.15, 0.2) is 5.58 Å². The number of nitrogens with one attached hydrogen (secondary N) is 1. The zero-order valence-corrected chi connectivity index (χ0v) is 19.1. The second-order valence-electron chi connectivity index (χ2n) is 8.48. The lowest BCUT2D eigenvalue weighted by molar-refractivity contribution is -0.157. The summed E-state index contributed by atoms with van der Waals surface area (Å²) in [6.07, 6.45) is 2.77. The van der Waals surface area contributed by atoms with Crippen molar-refractivity contribution < 1.29 is 23.6 Å². The van der Waals surface area contributed by atoms with Crippen LogP contribution in [-0.2, 0) is 20.7 Å². The summed E-state index contributed by atoms with van der Waals surface area (Å²) in [6, 6.07) is 8.87. The van der Waals surface area contributed by atoms with Crippen LogP contribution < -0.4 is 10.1 Å². The number of hydrogen-bond acceptors (Lipinski definition) is 7. The maximum absolute atomic E-state index is 12.6. The summed E-state index contributed by atoms with van der Waals surface area (Å²) in [6.45, 7) is 9.26. The van der Waals surface area contributed by atoms with Gasteiger partial charge in [-0.25, -0.2) is 4.98 Å². The Labute approximate surface area is 187 Å². The maximum Gasteiger partial charge on any atom is 0.307 e. The molecule has 0 radical (unpaired) electrons. The molecule has 0 aliphatic rings. The molecule has 1 atom stereocenters. The quantitative estimate of drug-likeness (QED) is 0.477. The molecule has 2 aromatic heterocycles. The van der Waals surface area contributed by atoms with E-state index in [1.54, 1.807) is 32.9 Å². The number of aryl methyl sites for hydroxylation is 1. The summed E-state index contributed by atoms with van der Waals surface area (Å²) < 4.78 is 16.6. The second-order valence-corrected chi connectivity index (χ2v) is 8.48. The lowest BCUT2D eigenvalue weighted by Crippen LogP contribution is -2.29. The Balaban J connectivity index is 1.65. The van der Waals surface area contributed by atoms with Crippen molar-refractivity contribution in [1.82, 2.24) is 10.1 Å². The van der Waals surface area contributed by atoms with Crippen LogP contribution in [0.1, 0.15) is 53.2 Å². The summed E-state index contributed by atoms with van der Waals surface area (Å²) in [5.41, 5.74) is 1.40. The minimum absolute atomic E-state index is 0.0245. The van der Waals surface area contributed by atoms with Gasteiger partial charge in [-0.3, -0.25) is 9.59 Å². The van der Waals surface area contributed by atoms with Crippen LogP contribution in [0.25, 0.3) is 11.0 Å². The Morgan fingerprint density at radius 2 is 1.94 bits per heavy atom. The number of fused-ring (bicyclic) bond motifs is 1. The van der Waals surface area contributed by atoms with Gasteiger partial charge < -0.3 is 19.3 Å². The van der Waals surface area contributed by atoms with Crippen LogP contribution in [0.2, 0.25) is 0 Å². The Bertz CT molecular complexity index is 1080. The highest BCUT2D eigenvalue weighted by Gasteiger charge is 2.24. The molecule has 0 unspecified atom stereocenters. The fourth-order valence-corrected chi connectivity index (χ4v) is 3.23. The van der Waals surface area contributed by atoms with Crippen molar-refractivity contribution in [2.75, 3.05) is 5.32 Å². The molecule has 0 saturated carbocycles. The molecule has 2 heterocycles. The predicted octanol–water partition coefficient (Wildman–Crippen LogP) is 5.27. The number of pyridine rings is 1. The minimum Gasteiger partial charge on any atom is -0.460 e. The van der Waals surface area contributed by atoms with E-state index in [1.165, 1.54) is 6.20 Å². The number of carbonyl (C=O) groups is 2. The predicted molar refractivity (Wildman–Crippen MR) is 121 cm³/mol. The van der Waals surface area contributed by atoms with Gasteiger partial charge >= 0.3 is 5.97 Å². The molecule has 0 saturated heterocycles. The zero-order valence-electron chi connectivity index (χ0n) is 19.1. The molecule has 0 fully saturated rings. The van der Waals surface area contributed by atoms with Crippen molar-refractivity contribution in [2.24, 2.45) is 5.92 Å². The van der Waals surface area contributed by atoms with E-state index in [1.807, 2.05) is 32.0 Å². The Kier molecular flexibility index (Phi) is 7.12. The fourth-order valence-electron chi connectivity index (χ4n) is 3.23. The summed E-state index contributed by atoms with van der Waals surface area (Å²) in [5, 5.41) is 7.70. The minimum atomic E-state index is -0.583. The Morgan fingerprint density at radius 3 is 2.56 bits per heavy atom. The Hall–Kier alpha value is -3.42. The molecular weight excluding hydrogens is 410 g/mol. The molecule has 8 nitrogen and oxygen atoms in total. The SMILES string of the molecule is CCc1noc2cccc(Oc3ccc(NC(=O)[C@@H](CC)CC(=O)OC(C)(C)C)cn3)c12. The molecule has 3 aromatic rings. The summed E-state index contributed by atoms with van der Waals surface area (Å²) >= 11 is 0. The highest BCUT2D eigenvalue weighted by molar-refractivity contribution is 5.94. The van der Waals surface area contributed by atoms with Crippen molar-refractivity contribution in [3.63, 3.8) is 0 Å². The zero-order chi connectivity index (χ0) is 23.3. The van der Waals surface area contributed by atoms with Gasteiger partial charge in [0.2, 0.25) is 11.8 Å². The van der Waals surface area contributed by atoms with Crippen LogP contribution in [-0.4, -0.2) is 27.6 Å². The van der Waals surface area contributed by atoms with Gasteiger partial charge in [0.1, 0.15) is 11.4 Å². The summed E-state index contributed by atoms with van der Waals surface area (Å²) in [5.74, 6) is -0.154. The molecule has 170 valence electrons. The van der Waals surface area contributed by atoms with E-state index in [2.05, 4.69) is 15.5 Å². The first kappa shape index (κ1) is 23.2.